The average Bonchev–Trinajstić information content (AvgIpc) is 2.61. The number of carbonyl (C=O) groups is 1. The number of hydrogen-bond donors (Lipinski definition) is 1. The van der Waals surface area contributed by atoms with Gasteiger partial charge in [0.2, 0.25) is 5.88 Å². The molecule has 2 rings (SSSR count). The zero-order valence-corrected chi connectivity index (χ0v) is 14.0. The fraction of sp³-hybridized carbons (Fsp3) is 0.235. The molecule has 9 heteroatoms. The molecule has 2 aromatic rings. The van der Waals surface area contributed by atoms with Gasteiger partial charge in [-0.1, -0.05) is 13.0 Å². The molecule has 0 fully saturated rings. The van der Waals surface area contributed by atoms with Gasteiger partial charge in [-0.25, -0.2) is 10.4 Å². The van der Waals surface area contributed by atoms with Crippen LogP contribution in [-0.4, -0.2) is 24.2 Å². The van der Waals surface area contributed by atoms with Crippen LogP contribution in [0.5, 0.6) is 17.4 Å². The molecule has 6 nitrogen and oxygen atoms in total. The number of alkyl halides is 3. The number of hydrazone groups is 1. The maximum Gasteiger partial charge on any atom is 0.416 e. The van der Waals surface area contributed by atoms with Crippen LogP contribution in [0.2, 0.25) is 0 Å². The summed E-state index contributed by atoms with van der Waals surface area (Å²) in [5, 5.41) is 3.70. The second-order valence-electron chi connectivity index (χ2n) is 5.02. The second kappa shape index (κ2) is 8.32. The summed E-state index contributed by atoms with van der Waals surface area (Å²) in [7, 11) is 1.38. The highest BCUT2D eigenvalue weighted by atomic mass is 19.4. The van der Waals surface area contributed by atoms with Gasteiger partial charge in [0.05, 0.1) is 12.7 Å². The van der Waals surface area contributed by atoms with Gasteiger partial charge in [0.15, 0.2) is 0 Å². The largest absolute Gasteiger partial charge is 0.496 e. The third-order valence-electron chi connectivity index (χ3n) is 3.07. The number of carbonyl (C=O) groups excluding carboxylic acids is 1. The Morgan fingerprint density at radius 2 is 2.04 bits per heavy atom. The van der Waals surface area contributed by atoms with Gasteiger partial charge in [0, 0.05) is 18.3 Å². The highest BCUT2D eigenvalue weighted by Gasteiger charge is 2.30. The number of halogens is 3. The Labute approximate surface area is 147 Å². The Bertz CT molecular complexity index is 807. The molecule has 0 aliphatic carbocycles. The average molecular weight is 367 g/mol. The summed E-state index contributed by atoms with van der Waals surface area (Å²) >= 11 is 0. The standard InChI is InChI=1S/C17H16F3N3O3/c1-3-7-21-23-16(24)14-9-13(25-2)10-15(22-14)26-12-6-4-5-11(8-12)17(18,19)20/h4-10H,3H2,1-2H3,(H,23,24). The number of nitrogens with one attached hydrogen (secondary N) is 1. The van der Waals surface area contributed by atoms with Crippen molar-refractivity contribution in [3.63, 3.8) is 0 Å². The Morgan fingerprint density at radius 3 is 2.69 bits per heavy atom. The Kier molecular flexibility index (Phi) is 6.16. The number of ether oxygens (including phenoxy) is 2. The van der Waals surface area contributed by atoms with E-state index in [1.54, 1.807) is 0 Å². The van der Waals surface area contributed by atoms with Crippen molar-refractivity contribution in [1.82, 2.24) is 10.4 Å². The first-order valence-corrected chi connectivity index (χ1v) is 7.56. The highest BCUT2D eigenvalue weighted by Crippen LogP contribution is 2.33. The maximum absolute atomic E-state index is 12.8. The Hall–Kier alpha value is -3.10. The number of nitrogens with zero attached hydrogens (tertiary/aromatic N) is 2. The van der Waals surface area contributed by atoms with E-state index < -0.39 is 17.6 Å². The van der Waals surface area contributed by atoms with Crippen molar-refractivity contribution in [3.05, 3.63) is 47.7 Å². The number of methoxy groups -OCH3 is 1. The molecule has 0 spiro atoms. The lowest BCUT2D eigenvalue weighted by Crippen LogP contribution is -2.19. The third-order valence-corrected chi connectivity index (χ3v) is 3.07. The van der Waals surface area contributed by atoms with E-state index in [9.17, 15) is 18.0 Å². The van der Waals surface area contributed by atoms with Crippen LogP contribution in [0, 0.1) is 0 Å². The van der Waals surface area contributed by atoms with Crippen molar-refractivity contribution in [3.8, 4) is 17.4 Å². The Balaban J connectivity index is 2.28. The number of rotatable bonds is 6. The molecule has 1 aromatic carbocycles. The van der Waals surface area contributed by atoms with Crippen molar-refractivity contribution in [2.24, 2.45) is 5.10 Å². The molecule has 1 amide bonds. The van der Waals surface area contributed by atoms with E-state index in [-0.39, 0.29) is 23.1 Å². The molecule has 26 heavy (non-hydrogen) atoms. The smallest absolute Gasteiger partial charge is 0.416 e. The van der Waals surface area contributed by atoms with Crippen molar-refractivity contribution in [1.29, 1.82) is 0 Å². The minimum absolute atomic E-state index is 0.0559. The van der Waals surface area contributed by atoms with Crippen molar-refractivity contribution in [2.45, 2.75) is 19.5 Å². The molecule has 0 unspecified atom stereocenters. The molecule has 138 valence electrons. The molecule has 0 atom stereocenters. The summed E-state index contributed by atoms with van der Waals surface area (Å²) in [6, 6.07) is 7.04. The van der Waals surface area contributed by atoms with E-state index in [1.807, 2.05) is 6.92 Å². The van der Waals surface area contributed by atoms with Crippen LogP contribution in [0.4, 0.5) is 13.2 Å². The van der Waals surface area contributed by atoms with Crippen LogP contribution in [0.25, 0.3) is 0 Å². The zero-order valence-electron chi connectivity index (χ0n) is 14.0. The number of hydrogen-bond acceptors (Lipinski definition) is 5. The van der Waals surface area contributed by atoms with Crippen molar-refractivity contribution in [2.75, 3.05) is 7.11 Å². The van der Waals surface area contributed by atoms with E-state index >= 15 is 0 Å². The van der Waals surface area contributed by atoms with E-state index in [2.05, 4.69) is 15.5 Å². The van der Waals surface area contributed by atoms with E-state index in [0.717, 1.165) is 12.1 Å². The van der Waals surface area contributed by atoms with E-state index in [0.29, 0.717) is 6.42 Å². The summed E-state index contributed by atoms with van der Waals surface area (Å²) in [4.78, 5) is 16.0. The Morgan fingerprint density at radius 1 is 1.27 bits per heavy atom. The number of benzene rings is 1. The summed E-state index contributed by atoms with van der Waals surface area (Å²) in [5.41, 5.74) is 1.37. The van der Waals surface area contributed by atoms with Crippen LogP contribution in [-0.2, 0) is 6.18 Å². The maximum atomic E-state index is 12.8. The summed E-state index contributed by atoms with van der Waals surface area (Å²) < 4.78 is 48.8. The van der Waals surface area contributed by atoms with Crippen LogP contribution >= 0.6 is 0 Å². The zero-order chi connectivity index (χ0) is 19.2. The highest BCUT2D eigenvalue weighted by molar-refractivity contribution is 5.93. The second-order valence-corrected chi connectivity index (χ2v) is 5.02. The molecular formula is C17H16F3N3O3. The van der Waals surface area contributed by atoms with Gasteiger partial charge in [0.25, 0.3) is 5.91 Å². The minimum atomic E-state index is -4.50. The van der Waals surface area contributed by atoms with Gasteiger partial charge in [-0.15, -0.1) is 0 Å². The van der Waals surface area contributed by atoms with Crippen molar-refractivity contribution >= 4 is 12.1 Å². The molecule has 1 N–H and O–H groups in total. The third kappa shape index (κ3) is 5.20. The van der Waals surface area contributed by atoms with E-state index in [1.165, 1.54) is 37.6 Å². The van der Waals surface area contributed by atoms with Gasteiger partial charge in [-0.3, -0.25) is 4.79 Å². The fourth-order valence-electron chi connectivity index (χ4n) is 1.88. The molecule has 0 saturated heterocycles. The molecular weight excluding hydrogens is 351 g/mol. The van der Waals surface area contributed by atoms with Crippen LogP contribution in [0.15, 0.2) is 41.5 Å². The van der Waals surface area contributed by atoms with Gasteiger partial charge in [-0.2, -0.15) is 18.3 Å². The monoisotopic (exact) mass is 367 g/mol. The normalized spacial score (nSPS) is 11.4. The first kappa shape index (κ1) is 19.2. The SMILES string of the molecule is CCC=NNC(=O)c1cc(OC)cc(Oc2cccc(C(F)(F)F)c2)n1. The number of pyridine rings is 1. The molecule has 1 heterocycles. The van der Waals surface area contributed by atoms with Gasteiger partial charge in [0.1, 0.15) is 17.2 Å². The number of amides is 1. The molecule has 0 aliphatic heterocycles. The number of aromatic nitrogens is 1. The lowest BCUT2D eigenvalue weighted by Gasteiger charge is -2.11. The molecule has 0 saturated carbocycles. The lowest BCUT2D eigenvalue weighted by molar-refractivity contribution is -0.137. The van der Waals surface area contributed by atoms with Gasteiger partial charge < -0.3 is 9.47 Å². The molecule has 0 bridgehead atoms. The first-order valence-electron chi connectivity index (χ1n) is 7.56. The van der Waals surface area contributed by atoms with Gasteiger partial charge in [-0.05, 0) is 24.6 Å². The molecule has 1 aromatic heterocycles. The quantitative estimate of drug-likeness (QED) is 0.618. The van der Waals surface area contributed by atoms with Crippen molar-refractivity contribution < 1.29 is 27.4 Å². The fourth-order valence-corrected chi connectivity index (χ4v) is 1.88. The summed E-state index contributed by atoms with van der Waals surface area (Å²) in [6.45, 7) is 1.85. The predicted molar refractivity (Wildman–Crippen MR) is 88.6 cm³/mol. The van der Waals surface area contributed by atoms with Crippen LogP contribution in [0.1, 0.15) is 29.4 Å². The molecule has 0 radical (unpaired) electrons. The van der Waals surface area contributed by atoms with Crippen LogP contribution < -0.4 is 14.9 Å². The lowest BCUT2D eigenvalue weighted by atomic mass is 10.2. The predicted octanol–water partition coefficient (Wildman–Crippen LogP) is 4.03. The van der Waals surface area contributed by atoms with E-state index in [4.69, 9.17) is 9.47 Å². The van der Waals surface area contributed by atoms with Crippen LogP contribution in [0.3, 0.4) is 0 Å². The topological polar surface area (TPSA) is 72.8 Å². The van der Waals surface area contributed by atoms with Gasteiger partial charge >= 0.3 is 6.18 Å². The minimum Gasteiger partial charge on any atom is -0.496 e. The first-order chi connectivity index (χ1) is 12.3. The molecule has 0 aliphatic rings. The summed E-state index contributed by atoms with van der Waals surface area (Å²) in [6.07, 6.45) is -2.36. The summed E-state index contributed by atoms with van der Waals surface area (Å²) in [5.74, 6) is -0.515.